The molecule has 0 atom stereocenters. The maximum absolute atomic E-state index is 11.5. The lowest BCUT2D eigenvalue weighted by Gasteiger charge is -2.05. The Morgan fingerprint density at radius 2 is 2.06 bits per heavy atom. The summed E-state index contributed by atoms with van der Waals surface area (Å²) < 4.78 is 22.9. The SMILES string of the molecule is CS(=O)(=O)c1cc(-c2cc[nH]n2)ccc1N. The fourth-order valence-corrected chi connectivity index (χ4v) is 2.27. The number of nitrogens with one attached hydrogen (secondary N) is 1. The van der Waals surface area contributed by atoms with Crippen LogP contribution in [0, 0.1) is 0 Å². The van der Waals surface area contributed by atoms with Gasteiger partial charge in [0.2, 0.25) is 0 Å². The van der Waals surface area contributed by atoms with Gasteiger partial charge in [-0.3, -0.25) is 5.10 Å². The van der Waals surface area contributed by atoms with Crippen LogP contribution in [0.25, 0.3) is 11.3 Å². The number of anilines is 1. The highest BCUT2D eigenvalue weighted by molar-refractivity contribution is 7.90. The molecule has 0 saturated carbocycles. The molecule has 3 N–H and O–H groups in total. The average molecular weight is 237 g/mol. The summed E-state index contributed by atoms with van der Waals surface area (Å²) in [7, 11) is -3.31. The number of rotatable bonds is 2. The molecule has 0 fully saturated rings. The molecule has 0 aliphatic heterocycles. The van der Waals surface area contributed by atoms with Crippen molar-refractivity contribution in [2.45, 2.75) is 4.90 Å². The van der Waals surface area contributed by atoms with E-state index >= 15 is 0 Å². The standard InChI is InChI=1S/C10H11N3O2S/c1-16(14,15)10-6-7(2-3-8(10)11)9-4-5-12-13-9/h2-6H,11H2,1H3,(H,12,13). The zero-order chi connectivity index (χ0) is 11.8. The van der Waals surface area contributed by atoms with E-state index in [1.807, 2.05) is 0 Å². The summed E-state index contributed by atoms with van der Waals surface area (Å²) in [6.07, 6.45) is 2.80. The third-order valence-electron chi connectivity index (χ3n) is 2.21. The number of nitrogens with two attached hydrogens (primary N) is 1. The Balaban J connectivity index is 2.61. The fraction of sp³-hybridized carbons (Fsp3) is 0.100. The Morgan fingerprint density at radius 1 is 1.31 bits per heavy atom. The molecule has 1 aromatic heterocycles. The smallest absolute Gasteiger partial charge is 0.177 e. The summed E-state index contributed by atoms with van der Waals surface area (Å²) >= 11 is 0. The van der Waals surface area contributed by atoms with Gasteiger partial charge in [0, 0.05) is 18.0 Å². The van der Waals surface area contributed by atoms with E-state index in [1.165, 1.54) is 6.07 Å². The van der Waals surface area contributed by atoms with Crippen molar-refractivity contribution in [1.29, 1.82) is 0 Å². The van der Waals surface area contributed by atoms with Gasteiger partial charge in [-0.25, -0.2) is 8.42 Å². The summed E-state index contributed by atoms with van der Waals surface area (Å²) in [5, 5.41) is 6.65. The molecule has 0 saturated heterocycles. The van der Waals surface area contributed by atoms with Crippen LogP contribution in [-0.2, 0) is 9.84 Å². The first kappa shape index (κ1) is 10.7. The number of benzene rings is 1. The summed E-state index contributed by atoms with van der Waals surface area (Å²) in [5.74, 6) is 0. The monoisotopic (exact) mass is 237 g/mol. The molecule has 2 rings (SSSR count). The lowest BCUT2D eigenvalue weighted by Crippen LogP contribution is -2.02. The van der Waals surface area contributed by atoms with Gasteiger partial charge in [-0.2, -0.15) is 5.10 Å². The number of sulfone groups is 1. The van der Waals surface area contributed by atoms with Crippen molar-refractivity contribution in [2.75, 3.05) is 12.0 Å². The van der Waals surface area contributed by atoms with E-state index in [1.54, 1.807) is 24.4 Å². The second-order valence-electron chi connectivity index (χ2n) is 3.48. The maximum Gasteiger partial charge on any atom is 0.177 e. The fourth-order valence-electron chi connectivity index (χ4n) is 1.44. The van der Waals surface area contributed by atoms with Crippen molar-refractivity contribution in [3.63, 3.8) is 0 Å². The van der Waals surface area contributed by atoms with Gasteiger partial charge >= 0.3 is 0 Å². The zero-order valence-electron chi connectivity index (χ0n) is 8.64. The van der Waals surface area contributed by atoms with Crippen LogP contribution in [0.5, 0.6) is 0 Å². The van der Waals surface area contributed by atoms with Gasteiger partial charge in [0.15, 0.2) is 9.84 Å². The van der Waals surface area contributed by atoms with Crippen LogP contribution in [0.3, 0.4) is 0 Å². The summed E-state index contributed by atoms with van der Waals surface area (Å²) in [4.78, 5) is 0.132. The molecule has 0 aliphatic rings. The Kier molecular flexibility index (Phi) is 2.43. The Bertz CT molecular complexity index is 603. The Morgan fingerprint density at radius 3 is 2.62 bits per heavy atom. The molecule has 16 heavy (non-hydrogen) atoms. The highest BCUT2D eigenvalue weighted by Crippen LogP contribution is 2.25. The lowest BCUT2D eigenvalue weighted by molar-refractivity contribution is 0.602. The van der Waals surface area contributed by atoms with Gasteiger partial charge in [0.1, 0.15) is 0 Å². The van der Waals surface area contributed by atoms with Gasteiger partial charge < -0.3 is 5.73 Å². The van der Waals surface area contributed by atoms with Crippen LogP contribution in [0.1, 0.15) is 0 Å². The third kappa shape index (κ3) is 1.92. The van der Waals surface area contributed by atoms with E-state index in [4.69, 9.17) is 5.73 Å². The number of nitrogen functional groups attached to an aromatic ring is 1. The van der Waals surface area contributed by atoms with Crippen LogP contribution in [-0.4, -0.2) is 24.9 Å². The minimum atomic E-state index is -3.31. The molecule has 1 aromatic carbocycles. The normalized spacial score (nSPS) is 11.6. The van der Waals surface area contributed by atoms with Gasteiger partial charge in [0.25, 0.3) is 0 Å². The lowest BCUT2D eigenvalue weighted by atomic mass is 10.1. The molecular formula is C10H11N3O2S. The topological polar surface area (TPSA) is 88.8 Å². The molecule has 0 unspecified atom stereocenters. The van der Waals surface area contributed by atoms with Crippen LogP contribution in [0.4, 0.5) is 5.69 Å². The molecule has 1 heterocycles. The number of aromatic amines is 1. The first-order valence-corrected chi connectivity index (χ1v) is 6.47. The Hall–Kier alpha value is -1.82. The predicted molar refractivity (Wildman–Crippen MR) is 61.5 cm³/mol. The van der Waals surface area contributed by atoms with E-state index in [9.17, 15) is 8.42 Å². The van der Waals surface area contributed by atoms with Crippen molar-refractivity contribution in [3.05, 3.63) is 30.5 Å². The van der Waals surface area contributed by atoms with Crippen molar-refractivity contribution in [3.8, 4) is 11.3 Å². The molecule has 5 nitrogen and oxygen atoms in total. The number of H-pyrrole nitrogens is 1. The molecule has 2 aromatic rings. The first-order valence-electron chi connectivity index (χ1n) is 4.58. The van der Waals surface area contributed by atoms with Gasteiger partial charge in [-0.05, 0) is 18.2 Å². The Labute approximate surface area is 93.2 Å². The molecule has 0 aliphatic carbocycles. The van der Waals surface area contributed by atoms with E-state index in [2.05, 4.69) is 10.2 Å². The second kappa shape index (κ2) is 3.64. The van der Waals surface area contributed by atoms with Gasteiger partial charge in [-0.1, -0.05) is 6.07 Å². The molecule has 0 radical (unpaired) electrons. The van der Waals surface area contributed by atoms with Crippen LogP contribution in [0.2, 0.25) is 0 Å². The molecule has 0 amide bonds. The minimum Gasteiger partial charge on any atom is -0.398 e. The van der Waals surface area contributed by atoms with Crippen molar-refractivity contribution in [2.24, 2.45) is 0 Å². The highest BCUT2D eigenvalue weighted by atomic mass is 32.2. The number of hydrogen-bond acceptors (Lipinski definition) is 4. The summed E-state index contributed by atoms with van der Waals surface area (Å²) in [6, 6.07) is 6.60. The van der Waals surface area contributed by atoms with E-state index in [0.717, 1.165) is 11.8 Å². The number of aromatic nitrogens is 2. The molecule has 0 bridgehead atoms. The predicted octanol–water partition coefficient (Wildman–Crippen LogP) is 1.06. The largest absolute Gasteiger partial charge is 0.398 e. The van der Waals surface area contributed by atoms with E-state index in [0.29, 0.717) is 5.69 Å². The van der Waals surface area contributed by atoms with Crippen LogP contribution in [0.15, 0.2) is 35.4 Å². The highest BCUT2D eigenvalue weighted by Gasteiger charge is 2.13. The zero-order valence-corrected chi connectivity index (χ0v) is 9.45. The minimum absolute atomic E-state index is 0.132. The average Bonchev–Trinajstić information content (AvgIpc) is 2.69. The molecule has 84 valence electrons. The number of nitrogens with zero attached hydrogens (tertiary/aromatic N) is 1. The van der Waals surface area contributed by atoms with Gasteiger partial charge in [0.05, 0.1) is 16.3 Å². The van der Waals surface area contributed by atoms with E-state index < -0.39 is 9.84 Å². The van der Waals surface area contributed by atoms with Gasteiger partial charge in [-0.15, -0.1) is 0 Å². The van der Waals surface area contributed by atoms with Crippen molar-refractivity contribution < 1.29 is 8.42 Å². The van der Waals surface area contributed by atoms with E-state index in [-0.39, 0.29) is 10.6 Å². The molecule has 6 heteroatoms. The maximum atomic E-state index is 11.5. The molecular weight excluding hydrogens is 226 g/mol. The quantitative estimate of drug-likeness (QED) is 0.764. The summed E-state index contributed by atoms with van der Waals surface area (Å²) in [6.45, 7) is 0. The van der Waals surface area contributed by atoms with Crippen LogP contribution < -0.4 is 5.73 Å². The van der Waals surface area contributed by atoms with Crippen LogP contribution >= 0.6 is 0 Å². The van der Waals surface area contributed by atoms with Crippen molar-refractivity contribution >= 4 is 15.5 Å². The molecule has 0 spiro atoms. The summed E-state index contributed by atoms with van der Waals surface area (Å²) in [5.41, 5.74) is 7.28. The number of hydrogen-bond donors (Lipinski definition) is 2. The second-order valence-corrected chi connectivity index (χ2v) is 5.47. The first-order chi connectivity index (χ1) is 7.48. The van der Waals surface area contributed by atoms with Crippen molar-refractivity contribution in [1.82, 2.24) is 10.2 Å². The third-order valence-corrected chi connectivity index (χ3v) is 3.36.